The van der Waals surface area contributed by atoms with Gasteiger partial charge in [0, 0.05) is 24.8 Å². The molecule has 1 rings (SSSR count). The van der Waals surface area contributed by atoms with Gasteiger partial charge >= 0.3 is 5.97 Å². The molecule has 0 atom stereocenters. The second-order valence-electron chi connectivity index (χ2n) is 5.39. The molecule has 0 radical (unpaired) electrons. The number of amides is 1. The van der Waals surface area contributed by atoms with Crippen molar-refractivity contribution in [3.63, 3.8) is 0 Å². The number of methoxy groups -OCH3 is 1. The van der Waals surface area contributed by atoms with E-state index < -0.39 is 5.97 Å². The van der Waals surface area contributed by atoms with Crippen molar-refractivity contribution >= 4 is 11.9 Å². The lowest BCUT2D eigenvalue weighted by Gasteiger charge is -2.25. The molecule has 0 aliphatic carbocycles. The first-order valence-corrected chi connectivity index (χ1v) is 7.03. The molecule has 0 bridgehead atoms. The summed E-state index contributed by atoms with van der Waals surface area (Å²) < 4.78 is 9.70. The average molecular weight is 297 g/mol. The zero-order valence-electron chi connectivity index (χ0n) is 13.3. The van der Waals surface area contributed by atoms with Crippen LogP contribution in [0.25, 0.3) is 0 Å². The van der Waals surface area contributed by atoms with Crippen molar-refractivity contribution in [2.75, 3.05) is 13.7 Å². The lowest BCUT2D eigenvalue weighted by Crippen LogP contribution is -2.41. The smallest absolute Gasteiger partial charge is 0.325 e. The maximum absolute atomic E-state index is 12.2. The number of carbonyl (C=O) groups excluding carboxylic acids is 2. The highest BCUT2D eigenvalue weighted by molar-refractivity contribution is 5.82. The SMILES string of the molecule is COC(=O)CN(C(=O)CCc1nc(C(C)C)no1)C(C)C. The fourth-order valence-electron chi connectivity index (χ4n) is 1.72. The predicted molar refractivity (Wildman–Crippen MR) is 75.6 cm³/mol. The summed E-state index contributed by atoms with van der Waals surface area (Å²) in [5, 5.41) is 3.85. The maximum atomic E-state index is 12.2. The highest BCUT2D eigenvalue weighted by atomic mass is 16.5. The number of aryl methyl sites for hydroxylation is 1. The van der Waals surface area contributed by atoms with Gasteiger partial charge in [-0.15, -0.1) is 0 Å². The van der Waals surface area contributed by atoms with Crippen molar-refractivity contribution in [1.29, 1.82) is 0 Å². The van der Waals surface area contributed by atoms with E-state index in [1.165, 1.54) is 12.0 Å². The summed E-state index contributed by atoms with van der Waals surface area (Å²) in [5.41, 5.74) is 0. The predicted octanol–water partition coefficient (Wildman–Crippen LogP) is 1.54. The second-order valence-corrected chi connectivity index (χ2v) is 5.39. The largest absolute Gasteiger partial charge is 0.468 e. The van der Waals surface area contributed by atoms with E-state index >= 15 is 0 Å². The molecule has 1 amide bonds. The second kappa shape index (κ2) is 7.75. The van der Waals surface area contributed by atoms with Crippen molar-refractivity contribution in [1.82, 2.24) is 15.0 Å². The van der Waals surface area contributed by atoms with Gasteiger partial charge in [-0.3, -0.25) is 9.59 Å². The van der Waals surface area contributed by atoms with Gasteiger partial charge in [0.1, 0.15) is 6.54 Å². The molecule has 1 heterocycles. The molecule has 0 fully saturated rings. The third-order valence-corrected chi connectivity index (χ3v) is 3.02. The highest BCUT2D eigenvalue weighted by Gasteiger charge is 2.21. The van der Waals surface area contributed by atoms with Crippen LogP contribution in [0.3, 0.4) is 0 Å². The molecule has 118 valence electrons. The molecule has 0 aliphatic rings. The molecule has 0 aliphatic heterocycles. The minimum absolute atomic E-state index is 0.0475. The van der Waals surface area contributed by atoms with Crippen molar-refractivity contribution in [2.24, 2.45) is 0 Å². The zero-order chi connectivity index (χ0) is 16.0. The van der Waals surface area contributed by atoms with Crippen LogP contribution in [-0.4, -0.2) is 46.6 Å². The van der Waals surface area contributed by atoms with Crippen LogP contribution >= 0.6 is 0 Å². The van der Waals surface area contributed by atoms with Crippen LogP contribution < -0.4 is 0 Å². The Kier molecular flexibility index (Phi) is 6.33. The third kappa shape index (κ3) is 5.17. The minimum Gasteiger partial charge on any atom is -0.468 e. The molecule has 0 aromatic carbocycles. The van der Waals surface area contributed by atoms with Crippen LogP contribution in [0.15, 0.2) is 4.52 Å². The molecule has 0 saturated heterocycles. The van der Waals surface area contributed by atoms with Gasteiger partial charge in [-0.1, -0.05) is 19.0 Å². The third-order valence-electron chi connectivity index (χ3n) is 3.02. The van der Waals surface area contributed by atoms with E-state index in [0.717, 1.165) is 0 Å². The average Bonchev–Trinajstić information content (AvgIpc) is 2.90. The van der Waals surface area contributed by atoms with E-state index in [4.69, 9.17) is 4.52 Å². The molecule has 7 heteroatoms. The summed E-state index contributed by atoms with van der Waals surface area (Å²) in [7, 11) is 1.30. The lowest BCUT2D eigenvalue weighted by atomic mass is 10.2. The maximum Gasteiger partial charge on any atom is 0.325 e. The van der Waals surface area contributed by atoms with Gasteiger partial charge in [-0.05, 0) is 13.8 Å². The number of esters is 1. The van der Waals surface area contributed by atoms with E-state index in [0.29, 0.717) is 18.1 Å². The van der Waals surface area contributed by atoms with Crippen molar-refractivity contribution in [3.05, 3.63) is 11.7 Å². The van der Waals surface area contributed by atoms with Crippen LogP contribution in [0.1, 0.15) is 51.7 Å². The number of ether oxygens (including phenoxy) is 1. The first-order chi connectivity index (χ1) is 9.85. The zero-order valence-corrected chi connectivity index (χ0v) is 13.3. The highest BCUT2D eigenvalue weighted by Crippen LogP contribution is 2.11. The molecule has 21 heavy (non-hydrogen) atoms. The molecule has 0 unspecified atom stereocenters. The molecular formula is C14H23N3O4. The summed E-state index contributed by atoms with van der Waals surface area (Å²) in [5.74, 6) is 0.683. The fourth-order valence-corrected chi connectivity index (χ4v) is 1.72. The van der Waals surface area contributed by atoms with Gasteiger partial charge in [0.15, 0.2) is 5.82 Å². The fraction of sp³-hybridized carbons (Fsp3) is 0.714. The Balaban J connectivity index is 2.58. The van der Waals surface area contributed by atoms with E-state index in [2.05, 4.69) is 14.9 Å². The Morgan fingerprint density at radius 1 is 1.29 bits per heavy atom. The number of carbonyl (C=O) groups is 2. The van der Waals surface area contributed by atoms with Gasteiger partial charge < -0.3 is 14.2 Å². The topological polar surface area (TPSA) is 85.5 Å². The van der Waals surface area contributed by atoms with E-state index in [9.17, 15) is 9.59 Å². The number of hydrogen-bond donors (Lipinski definition) is 0. The van der Waals surface area contributed by atoms with Gasteiger partial charge in [0.05, 0.1) is 7.11 Å². The van der Waals surface area contributed by atoms with Gasteiger partial charge in [-0.2, -0.15) is 4.98 Å². The number of aromatic nitrogens is 2. The number of hydrogen-bond acceptors (Lipinski definition) is 6. The van der Waals surface area contributed by atoms with Gasteiger partial charge in [-0.25, -0.2) is 0 Å². The lowest BCUT2D eigenvalue weighted by molar-refractivity contribution is -0.148. The summed E-state index contributed by atoms with van der Waals surface area (Å²) >= 11 is 0. The molecule has 0 saturated carbocycles. The first kappa shape index (κ1) is 17.1. The van der Waals surface area contributed by atoms with Crippen LogP contribution in [-0.2, 0) is 20.7 Å². The Labute approximate surface area is 124 Å². The number of nitrogens with zero attached hydrogens (tertiary/aromatic N) is 3. The monoisotopic (exact) mass is 297 g/mol. The van der Waals surface area contributed by atoms with Gasteiger partial charge in [0.25, 0.3) is 0 Å². The number of rotatable bonds is 7. The molecule has 1 aromatic rings. The summed E-state index contributed by atoms with van der Waals surface area (Å²) in [4.78, 5) is 29.2. The molecule has 0 N–H and O–H groups in total. The molecule has 0 spiro atoms. The van der Waals surface area contributed by atoms with Crippen LogP contribution in [0.5, 0.6) is 0 Å². The van der Waals surface area contributed by atoms with Crippen LogP contribution in [0.2, 0.25) is 0 Å². The van der Waals surface area contributed by atoms with Crippen LogP contribution in [0, 0.1) is 0 Å². The van der Waals surface area contributed by atoms with Crippen molar-refractivity contribution < 1.29 is 18.8 Å². The van der Waals surface area contributed by atoms with E-state index in [1.54, 1.807) is 0 Å². The Morgan fingerprint density at radius 3 is 2.43 bits per heavy atom. The Morgan fingerprint density at radius 2 is 1.95 bits per heavy atom. The van der Waals surface area contributed by atoms with Gasteiger partial charge in [0.2, 0.25) is 11.8 Å². The Bertz CT molecular complexity index is 482. The van der Waals surface area contributed by atoms with Crippen molar-refractivity contribution in [3.8, 4) is 0 Å². The van der Waals surface area contributed by atoms with E-state index in [-0.39, 0.29) is 30.8 Å². The van der Waals surface area contributed by atoms with Crippen molar-refractivity contribution in [2.45, 2.75) is 52.5 Å². The molecular weight excluding hydrogens is 274 g/mol. The van der Waals surface area contributed by atoms with Crippen LogP contribution in [0.4, 0.5) is 0 Å². The summed E-state index contributed by atoms with van der Waals surface area (Å²) in [6.07, 6.45) is 0.581. The quantitative estimate of drug-likeness (QED) is 0.710. The van der Waals surface area contributed by atoms with E-state index in [1.807, 2.05) is 27.7 Å². The Hall–Kier alpha value is -1.92. The molecule has 7 nitrogen and oxygen atoms in total. The summed E-state index contributed by atoms with van der Waals surface area (Å²) in [6, 6.07) is -0.0782. The molecule has 1 aromatic heterocycles. The normalized spacial score (nSPS) is 11.0. The minimum atomic E-state index is -0.433. The first-order valence-electron chi connectivity index (χ1n) is 7.03. The standard InChI is InChI=1S/C14H23N3O4/c1-9(2)14-15-11(21-16-14)6-7-12(18)17(10(3)4)8-13(19)20-5/h9-10H,6-8H2,1-5H3. The summed E-state index contributed by atoms with van der Waals surface area (Å²) in [6.45, 7) is 7.59.